The van der Waals surface area contributed by atoms with Crippen molar-refractivity contribution < 1.29 is 4.52 Å². The molecule has 1 fully saturated rings. The zero-order valence-corrected chi connectivity index (χ0v) is 10.2. The second kappa shape index (κ2) is 5.27. The van der Waals surface area contributed by atoms with Crippen molar-refractivity contribution in [2.45, 2.75) is 19.3 Å². The predicted molar refractivity (Wildman–Crippen MR) is 66.0 cm³/mol. The molecule has 0 saturated carbocycles. The fourth-order valence-electron chi connectivity index (χ4n) is 2.26. The molecule has 2 aromatic heterocycles. The highest BCUT2D eigenvalue weighted by Gasteiger charge is 2.18. The van der Waals surface area contributed by atoms with E-state index >= 15 is 0 Å². The fourth-order valence-corrected chi connectivity index (χ4v) is 2.26. The number of hydrogen-bond acceptors (Lipinski definition) is 5. The van der Waals surface area contributed by atoms with Gasteiger partial charge in [0.2, 0.25) is 5.89 Å². The molecule has 0 bridgehead atoms. The molecule has 1 N–H and O–H groups in total. The summed E-state index contributed by atoms with van der Waals surface area (Å²) in [6.07, 6.45) is 6.34. The largest absolute Gasteiger partial charge is 0.339 e. The summed E-state index contributed by atoms with van der Waals surface area (Å²) in [6.45, 7) is 2.16. The molecule has 5 heteroatoms. The molecule has 0 aromatic carbocycles. The van der Waals surface area contributed by atoms with Gasteiger partial charge in [0.05, 0.1) is 0 Å². The summed E-state index contributed by atoms with van der Waals surface area (Å²) in [4.78, 5) is 8.43. The summed E-state index contributed by atoms with van der Waals surface area (Å²) in [5.74, 6) is 2.15. The van der Waals surface area contributed by atoms with Crippen molar-refractivity contribution in [2.24, 2.45) is 5.92 Å². The lowest BCUT2D eigenvalue weighted by Gasteiger charge is -2.01. The molecule has 0 radical (unpaired) electrons. The van der Waals surface area contributed by atoms with Crippen molar-refractivity contribution in [3.8, 4) is 0 Å². The van der Waals surface area contributed by atoms with E-state index in [1.54, 1.807) is 12.4 Å². The molecule has 1 aliphatic heterocycles. The van der Waals surface area contributed by atoms with Crippen LogP contribution in [0.15, 0.2) is 29.0 Å². The Morgan fingerprint density at radius 2 is 2.22 bits per heavy atom. The van der Waals surface area contributed by atoms with Gasteiger partial charge in [-0.05, 0) is 43.1 Å². The van der Waals surface area contributed by atoms with Crippen molar-refractivity contribution >= 4 is 0 Å². The van der Waals surface area contributed by atoms with Crippen LogP contribution in [-0.4, -0.2) is 28.2 Å². The SMILES string of the molecule is c1cc(Cc2noc(CC3CCNC3)n2)ccn1. The normalized spacial score (nSPS) is 19.2. The quantitative estimate of drug-likeness (QED) is 0.875. The van der Waals surface area contributed by atoms with E-state index in [1.165, 1.54) is 6.42 Å². The lowest BCUT2D eigenvalue weighted by molar-refractivity contribution is 0.354. The molecule has 0 amide bonds. The Hall–Kier alpha value is -1.75. The second-order valence-corrected chi connectivity index (χ2v) is 4.70. The van der Waals surface area contributed by atoms with E-state index in [0.717, 1.165) is 36.8 Å². The Balaban J connectivity index is 1.62. The van der Waals surface area contributed by atoms with Crippen molar-refractivity contribution in [1.82, 2.24) is 20.4 Å². The first-order valence-electron chi connectivity index (χ1n) is 6.31. The summed E-state index contributed by atoms with van der Waals surface area (Å²) < 4.78 is 5.29. The molecule has 0 spiro atoms. The van der Waals surface area contributed by atoms with Gasteiger partial charge in [0, 0.05) is 25.2 Å². The van der Waals surface area contributed by atoms with Gasteiger partial charge in [0.15, 0.2) is 5.82 Å². The Morgan fingerprint density at radius 3 is 3.00 bits per heavy atom. The molecule has 3 heterocycles. The third-order valence-electron chi connectivity index (χ3n) is 3.25. The molecule has 94 valence electrons. The van der Waals surface area contributed by atoms with E-state index < -0.39 is 0 Å². The van der Waals surface area contributed by atoms with Crippen molar-refractivity contribution in [1.29, 1.82) is 0 Å². The van der Waals surface area contributed by atoms with Crippen LogP contribution in [0.25, 0.3) is 0 Å². The van der Waals surface area contributed by atoms with Gasteiger partial charge in [0.1, 0.15) is 0 Å². The van der Waals surface area contributed by atoms with Crippen LogP contribution in [0.2, 0.25) is 0 Å². The number of pyridine rings is 1. The van der Waals surface area contributed by atoms with Crippen molar-refractivity contribution in [2.75, 3.05) is 13.1 Å². The highest BCUT2D eigenvalue weighted by Crippen LogP contribution is 2.14. The van der Waals surface area contributed by atoms with E-state index in [2.05, 4.69) is 20.4 Å². The van der Waals surface area contributed by atoms with Crippen LogP contribution in [0.5, 0.6) is 0 Å². The lowest BCUT2D eigenvalue weighted by atomic mass is 10.1. The lowest BCUT2D eigenvalue weighted by Crippen LogP contribution is -2.10. The van der Waals surface area contributed by atoms with Crippen LogP contribution in [0.1, 0.15) is 23.7 Å². The van der Waals surface area contributed by atoms with Gasteiger partial charge < -0.3 is 9.84 Å². The van der Waals surface area contributed by atoms with Gasteiger partial charge in [0.25, 0.3) is 0 Å². The topological polar surface area (TPSA) is 63.8 Å². The van der Waals surface area contributed by atoms with Crippen molar-refractivity contribution in [3.05, 3.63) is 41.8 Å². The van der Waals surface area contributed by atoms with E-state index in [4.69, 9.17) is 4.52 Å². The number of aromatic nitrogens is 3. The van der Waals surface area contributed by atoms with Crippen LogP contribution < -0.4 is 5.32 Å². The summed E-state index contributed by atoms with van der Waals surface area (Å²) in [6, 6.07) is 3.94. The van der Waals surface area contributed by atoms with Gasteiger partial charge in [-0.3, -0.25) is 4.98 Å². The van der Waals surface area contributed by atoms with Crippen LogP contribution >= 0.6 is 0 Å². The molecule has 3 rings (SSSR count). The summed E-state index contributed by atoms with van der Waals surface area (Å²) in [5, 5.41) is 7.37. The maximum Gasteiger partial charge on any atom is 0.226 e. The average Bonchev–Trinajstić information content (AvgIpc) is 3.03. The molecule has 0 aliphatic carbocycles. The van der Waals surface area contributed by atoms with Crippen LogP contribution in [-0.2, 0) is 12.8 Å². The highest BCUT2D eigenvalue weighted by atomic mass is 16.5. The number of nitrogens with one attached hydrogen (secondary N) is 1. The third-order valence-corrected chi connectivity index (χ3v) is 3.25. The third kappa shape index (κ3) is 2.73. The Bertz CT molecular complexity index is 491. The predicted octanol–water partition coefficient (Wildman–Crippen LogP) is 1.21. The first kappa shape index (κ1) is 11.3. The molecule has 1 unspecified atom stereocenters. The molecule has 1 aliphatic rings. The number of rotatable bonds is 4. The first-order chi connectivity index (χ1) is 8.90. The van der Waals surface area contributed by atoms with Gasteiger partial charge in [-0.2, -0.15) is 4.98 Å². The van der Waals surface area contributed by atoms with Gasteiger partial charge in [-0.1, -0.05) is 5.16 Å². The van der Waals surface area contributed by atoms with Crippen LogP contribution in [0.4, 0.5) is 0 Å². The van der Waals surface area contributed by atoms with Gasteiger partial charge >= 0.3 is 0 Å². The fraction of sp³-hybridized carbons (Fsp3) is 0.462. The Kier molecular flexibility index (Phi) is 3.32. The zero-order valence-electron chi connectivity index (χ0n) is 10.2. The Morgan fingerprint density at radius 1 is 1.33 bits per heavy atom. The molecule has 5 nitrogen and oxygen atoms in total. The smallest absolute Gasteiger partial charge is 0.226 e. The molecule has 1 saturated heterocycles. The first-order valence-corrected chi connectivity index (χ1v) is 6.31. The minimum absolute atomic E-state index is 0.638. The highest BCUT2D eigenvalue weighted by molar-refractivity contribution is 5.14. The van der Waals surface area contributed by atoms with Crippen LogP contribution in [0.3, 0.4) is 0 Å². The number of hydrogen-bond donors (Lipinski definition) is 1. The van der Waals surface area contributed by atoms with Gasteiger partial charge in [-0.25, -0.2) is 0 Å². The minimum atomic E-state index is 0.638. The summed E-state index contributed by atoms with van der Waals surface area (Å²) in [5.41, 5.74) is 1.15. The molecular formula is C13H16N4O. The summed E-state index contributed by atoms with van der Waals surface area (Å²) >= 11 is 0. The molecule has 1 atom stereocenters. The van der Waals surface area contributed by atoms with Crippen molar-refractivity contribution in [3.63, 3.8) is 0 Å². The summed E-state index contributed by atoms with van der Waals surface area (Å²) in [7, 11) is 0. The second-order valence-electron chi connectivity index (χ2n) is 4.70. The monoisotopic (exact) mass is 244 g/mol. The van der Waals surface area contributed by atoms with E-state index in [9.17, 15) is 0 Å². The van der Waals surface area contributed by atoms with E-state index in [-0.39, 0.29) is 0 Å². The van der Waals surface area contributed by atoms with Gasteiger partial charge in [-0.15, -0.1) is 0 Å². The van der Waals surface area contributed by atoms with E-state index in [0.29, 0.717) is 12.3 Å². The maximum atomic E-state index is 5.29. The standard InChI is InChI=1S/C13H16N4O/c1-4-14-5-2-10(1)7-12-16-13(18-17-12)8-11-3-6-15-9-11/h1-2,4-5,11,15H,3,6-9H2. The minimum Gasteiger partial charge on any atom is -0.339 e. The molecule has 2 aromatic rings. The molecule has 18 heavy (non-hydrogen) atoms. The number of nitrogens with zero attached hydrogens (tertiary/aromatic N) is 3. The average molecular weight is 244 g/mol. The van der Waals surface area contributed by atoms with Crippen LogP contribution in [0, 0.1) is 5.92 Å². The zero-order chi connectivity index (χ0) is 12.2. The maximum absolute atomic E-state index is 5.29. The van der Waals surface area contributed by atoms with E-state index in [1.807, 2.05) is 12.1 Å². The Labute approximate surface area is 106 Å². The molecular weight excluding hydrogens is 228 g/mol.